The van der Waals surface area contributed by atoms with Gasteiger partial charge in [-0.15, -0.1) is 0 Å². The summed E-state index contributed by atoms with van der Waals surface area (Å²) in [6.45, 7) is 2.03. The zero-order valence-electron chi connectivity index (χ0n) is 10.00. The topological polar surface area (TPSA) is 50.2 Å². The van der Waals surface area contributed by atoms with Crippen molar-refractivity contribution in [2.75, 3.05) is 0 Å². The quantitative estimate of drug-likeness (QED) is 0.837. The van der Waals surface area contributed by atoms with Crippen molar-refractivity contribution < 1.29 is 9.90 Å². The number of carboxylic acid groups (broad SMARTS) is 1. The standard InChI is InChI=1S/C15H13NO2/c1-11-5-7-12(8-6-11)14-4-2-3-13(16-14)9-10-15(17)18/h2-10H,1H3,(H,17,18)/b10-9+. The Balaban J connectivity index is 2.32. The van der Waals surface area contributed by atoms with Gasteiger partial charge in [0.15, 0.2) is 0 Å². The number of hydrogen-bond acceptors (Lipinski definition) is 2. The van der Waals surface area contributed by atoms with E-state index in [1.54, 1.807) is 6.07 Å². The molecule has 0 atom stereocenters. The Morgan fingerprint density at radius 2 is 1.89 bits per heavy atom. The molecule has 2 aromatic rings. The molecule has 2 rings (SSSR count). The normalized spacial score (nSPS) is 10.7. The third-order valence-electron chi connectivity index (χ3n) is 2.51. The van der Waals surface area contributed by atoms with E-state index in [-0.39, 0.29) is 0 Å². The van der Waals surface area contributed by atoms with Crippen LogP contribution in [0.2, 0.25) is 0 Å². The average Bonchev–Trinajstić information content (AvgIpc) is 2.37. The minimum atomic E-state index is -0.975. The van der Waals surface area contributed by atoms with Gasteiger partial charge in [-0.25, -0.2) is 9.78 Å². The molecular formula is C15H13NO2. The van der Waals surface area contributed by atoms with Crippen LogP contribution in [-0.2, 0) is 4.79 Å². The molecule has 0 aliphatic rings. The summed E-state index contributed by atoms with van der Waals surface area (Å²) in [5.41, 5.74) is 3.69. The van der Waals surface area contributed by atoms with Crippen LogP contribution in [0.15, 0.2) is 48.5 Å². The summed E-state index contributed by atoms with van der Waals surface area (Å²) in [5, 5.41) is 8.58. The van der Waals surface area contributed by atoms with Crippen LogP contribution >= 0.6 is 0 Å². The van der Waals surface area contributed by atoms with E-state index in [1.165, 1.54) is 11.6 Å². The van der Waals surface area contributed by atoms with Gasteiger partial charge in [0.2, 0.25) is 0 Å². The molecule has 0 fully saturated rings. The Kier molecular flexibility index (Phi) is 3.53. The molecule has 0 amide bonds. The summed E-state index contributed by atoms with van der Waals surface area (Å²) in [6.07, 6.45) is 2.57. The fourth-order valence-corrected chi connectivity index (χ4v) is 1.59. The summed E-state index contributed by atoms with van der Waals surface area (Å²) in [6, 6.07) is 13.6. The number of pyridine rings is 1. The molecule has 0 saturated heterocycles. The first-order valence-electron chi connectivity index (χ1n) is 5.60. The summed E-state index contributed by atoms with van der Waals surface area (Å²) in [4.78, 5) is 14.8. The molecule has 0 aliphatic carbocycles. The molecule has 0 radical (unpaired) electrons. The number of aliphatic carboxylic acids is 1. The molecule has 1 aromatic heterocycles. The van der Waals surface area contributed by atoms with Crippen LogP contribution in [0, 0.1) is 6.92 Å². The van der Waals surface area contributed by atoms with Gasteiger partial charge < -0.3 is 5.11 Å². The van der Waals surface area contributed by atoms with Crippen LogP contribution in [-0.4, -0.2) is 16.1 Å². The van der Waals surface area contributed by atoms with E-state index in [4.69, 9.17) is 5.11 Å². The number of hydrogen-bond donors (Lipinski definition) is 1. The van der Waals surface area contributed by atoms with Crippen LogP contribution in [0.5, 0.6) is 0 Å². The number of aromatic nitrogens is 1. The van der Waals surface area contributed by atoms with Crippen molar-refractivity contribution in [3.8, 4) is 11.3 Å². The van der Waals surface area contributed by atoms with E-state index in [0.29, 0.717) is 5.69 Å². The SMILES string of the molecule is Cc1ccc(-c2cccc(/C=C/C(=O)O)n2)cc1. The van der Waals surface area contributed by atoms with E-state index in [2.05, 4.69) is 4.98 Å². The maximum atomic E-state index is 10.5. The fraction of sp³-hybridized carbons (Fsp3) is 0.0667. The van der Waals surface area contributed by atoms with Crippen LogP contribution in [0.25, 0.3) is 17.3 Å². The van der Waals surface area contributed by atoms with Gasteiger partial charge in [0.05, 0.1) is 11.4 Å². The van der Waals surface area contributed by atoms with Gasteiger partial charge in [0.1, 0.15) is 0 Å². The van der Waals surface area contributed by atoms with Crippen molar-refractivity contribution in [2.24, 2.45) is 0 Å². The lowest BCUT2D eigenvalue weighted by molar-refractivity contribution is -0.131. The predicted molar refractivity (Wildman–Crippen MR) is 71.1 cm³/mol. The number of nitrogens with zero attached hydrogens (tertiary/aromatic N) is 1. The van der Waals surface area contributed by atoms with Crippen LogP contribution in [0.4, 0.5) is 0 Å². The van der Waals surface area contributed by atoms with Gasteiger partial charge in [0.25, 0.3) is 0 Å². The minimum Gasteiger partial charge on any atom is -0.478 e. The zero-order chi connectivity index (χ0) is 13.0. The number of rotatable bonds is 3. The second-order valence-corrected chi connectivity index (χ2v) is 3.99. The lowest BCUT2D eigenvalue weighted by atomic mass is 10.1. The van der Waals surface area contributed by atoms with E-state index in [0.717, 1.165) is 17.3 Å². The molecular weight excluding hydrogens is 226 g/mol. The van der Waals surface area contributed by atoms with E-state index >= 15 is 0 Å². The largest absolute Gasteiger partial charge is 0.478 e. The molecule has 90 valence electrons. The Morgan fingerprint density at radius 1 is 1.17 bits per heavy atom. The second kappa shape index (κ2) is 5.27. The van der Waals surface area contributed by atoms with Crippen LogP contribution in [0.1, 0.15) is 11.3 Å². The first kappa shape index (κ1) is 12.0. The third kappa shape index (κ3) is 3.04. The highest BCUT2D eigenvalue weighted by atomic mass is 16.4. The van der Waals surface area contributed by atoms with Gasteiger partial charge in [-0.2, -0.15) is 0 Å². The fourth-order valence-electron chi connectivity index (χ4n) is 1.59. The van der Waals surface area contributed by atoms with Crippen LogP contribution in [0.3, 0.4) is 0 Å². The molecule has 3 nitrogen and oxygen atoms in total. The van der Waals surface area contributed by atoms with E-state index < -0.39 is 5.97 Å². The lowest BCUT2D eigenvalue weighted by Crippen LogP contribution is -1.89. The predicted octanol–water partition coefficient (Wildman–Crippen LogP) is 3.15. The molecule has 1 N–H and O–H groups in total. The molecule has 0 bridgehead atoms. The van der Waals surface area contributed by atoms with Gasteiger partial charge >= 0.3 is 5.97 Å². The third-order valence-corrected chi connectivity index (χ3v) is 2.51. The van der Waals surface area contributed by atoms with Gasteiger partial charge in [-0.1, -0.05) is 35.9 Å². The molecule has 0 unspecified atom stereocenters. The Labute approximate surface area is 105 Å². The number of aryl methyl sites for hydroxylation is 1. The van der Waals surface area contributed by atoms with Crippen molar-refractivity contribution in [3.63, 3.8) is 0 Å². The van der Waals surface area contributed by atoms with Crippen molar-refractivity contribution >= 4 is 12.0 Å². The van der Waals surface area contributed by atoms with Crippen molar-refractivity contribution in [1.29, 1.82) is 0 Å². The molecule has 1 heterocycles. The molecule has 1 aromatic carbocycles. The maximum Gasteiger partial charge on any atom is 0.328 e. The number of benzene rings is 1. The smallest absolute Gasteiger partial charge is 0.328 e. The summed E-state index contributed by atoms with van der Waals surface area (Å²) >= 11 is 0. The Bertz CT molecular complexity index is 586. The summed E-state index contributed by atoms with van der Waals surface area (Å²) < 4.78 is 0. The zero-order valence-corrected chi connectivity index (χ0v) is 10.00. The lowest BCUT2D eigenvalue weighted by Gasteiger charge is -2.02. The monoisotopic (exact) mass is 239 g/mol. The summed E-state index contributed by atoms with van der Waals surface area (Å²) in [5.74, 6) is -0.975. The highest BCUT2D eigenvalue weighted by Crippen LogP contribution is 2.18. The molecule has 3 heteroatoms. The van der Waals surface area contributed by atoms with E-state index in [9.17, 15) is 4.79 Å². The first-order valence-corrected chi connectivity index (χ1v) is 5.60. The molecule has 0 spiro atoms. The Morgan fingerprint density at radius 3 is 2.56 bits per heavy atom. The number of carboxylic acids is 1. The average molecular weight is 239 g/mol. The molecule has 0 saturated carbocycles. The second-order valence-electron chi connectivity index (χ2n) is 3.99. The van der Waals surface area contributed by atoms with Gasteiger partial charge in [-0.3, -0.25) is 0 Å². The van der Waals surface area contributed by atoms with Crippen LogP contribution < -0.4 is 0 Å². The molecule has 18 heavy (non-hydrogen) atoms. The van der Waals surface area contributed by atoms with Gasteiger partial charge in [-0.05, 0) is 25.1 Å². The molecule has 0 aliphatic heterocycles. The Hall–Kier alpha value is -2.42. The highest BCUT2D eigenvalue weighted by molar-refractivity contribution is 5.85. The van der Waals surface area contributed by atoms with Crippen molar-refractivity contribution in [2.45, 2.75) is 6.92 Å². The van der Waals surface area contributed by atoms with Gasteiger partial charge in [0, 0.05) is 11.6 Å². The highest BCUT2D eigenvalue weighted by Gasteiger charge is 1.99. The number of carbonyl (C=O) groups is 1. The first-order chi connectivity index (χ1) is 8.65. The van der Waals surface area contributed by atoms with Crippen molar-refractivity contribution in [1.82, 2.24) is 4.98 Å². The maximum absolute atomic E-state index is 10.5. The van der Waals surface area contributed by atoms with Crippen molar-refractivity contribution in [3.05, 3.63) is 59.8 Å². The van der Waals surface area contributed by atoms with E-state index in [1.807, 2.05) is 43.3 Å². The minimum absolute atomic E-state index is 0.635. The summed E-state index contributed by atoms with van der Waals surface area (Å²) in [7, 11) is 0.